The molecule has 0 atom stereocenters. The van der Waals surface area contributed by atoms with Gasteiger partial charge in [0.1, 0.15) is 5.82 Å². The number of nitriles is 1. The summed E-state index contributed by atoms with van der Waals surface area (Å²) < 4.78 is 13.6. The smallest absolute Gasteiger partial charge is 0.228 e. The molecule has 0 fully saturated rings. The summed E-state index contributed by atoms with van der Waals surface area (Å²) in [6.45, 7) is 1.97. The molecule has 0 aliphatic carbocycles. The molecule has 0 saturated heterocycles. The van der Waals surface area contributed by atoms with E-state index >= 15 is 0 Å². The fourth-order valence-electron chi connectivity index (χ4n) is 1.77. The molecule has 0 aromatic heterocycles. The van der Waals surface area contributed by atoms with Crippen LogP contribution in [0.4, 0.5) is 10.1 Å². The van der Waals surface area contributed by atoms with E-state index in [4.69, 9.17) is 5.26 Å². The van der Waals surface area contributed by atoms with Crippen LogP contribution in [0, 0.1) is 24.1 Å². The summed E-state index contributed by atoms with van der Waals surface area (Å²) in [7, 11) is 0. The molecular formula is C16H13FN2O. The average molecular weight is 268 g/mol. The number of benzene rings is 2. The van der Waals surface area contributed by atoms with Crippen LogP contribution in [0.25, 0.3) is 0 Å². The average Bonchev–Trinajstić information content (AvgIpc) is 2.43. The van der Waals surface area contributed by atoms with Crippen LogP contribution in [-0.4, -0.2) is 5.91 Å². The van der Waals surface area contributed by atoms with Gasteiger partial charge < -0.3 is 5.32 Å². The van der Waals surface area contributed by atoms with E-state index in [1.807, 2.05) is 37.3 Å². The van der Waals surface area contributed by atoms with Crippen LogP contribution in [-0.2, 0) is 11.2 Å². The highest BCUT2D eigenvalue weighted by atomic mass is 19.1. The third kappa shape index (κ3) is 3.42. The number of nitrogens with one attached hydrogen (secondary N) is 1. The molecule has 1 amide bonds. The Labute approximate surface area is 116 Å². The summed E-state index contributed by atoms with van der Waals surface area (Å²) in [5, 5.41) is 11.1. The molecule has 0 saturated carbocycles. The second-order valence-corrected chi connectivity index (χ2v) is 4.52. The number of carbonyl (C=O) groups excluding carboxylic acids is 1. The van der Waals surface area contributed by atoms with E-state index in [2.05, 4.69) is 5.32 Å². The summed E-state index contributed by atoms with van der Waals surface area (Å²) in [5.41, 5.74) is 2.29. The quantitative estimate of drug-likeness (QED) is 0.929. The number of hydrogen-bond acceptors (Lipinski definition) is 2. The molecule has 0 unspecified atom stereocenters. The Bertz CT molecular complexity index is 672. The van der Waals surface area contributed by atoms with Crippen LogP contribution in [0.15, 0.2) is 42.5 Å². The van der Waals surface area contributed by atoms with Crippen molar-refractivity contribution < 1.29 is 9.18 Å². The van der Waals surface area contributed by atoms with Gasteiger partial charge in [0.05, 0.1) is 23.7 Å². The molecule has 0 bridgehead atoms. The highest BCUT2D eigenvalue weighted by Gasteiger charge is 2.08. The van der Waals surface area contributed by atoms with Gasteiger partial charge in [0.25, 0.3) is 0 Å². The largest absolute Gasteiger partial charge is 0.323 e. The maximum absolute atomic E-state index is 13.6. The van der Waals surface area contributed by atoms with Crippen molar-refractivity contribution in [1.29, 1.82) is 5.26 Å². The second kappa shape index (κ2) is 5.98. The highest BCUT2D eigenvalue weighted by Crippen LogP contribution is 2.16. The molecule has 0 heterocycles. The maximum atomic E-state index is 13.6. The molecular weight excluding hydrogens is 255 g/mol. The molecule has 0 aliphatic heterocycles. The molecule has 1 N–H and O–H groups in total. The van der Waals surface area contributed by atoms with Crippen molar-refractivity contribution in [2.45, 2.75) is 13.3 Å². The summed E-state index contributed by atoms with van der Waals surface area (Å²) >= 11 is 0. The molecule has 2 rings (SSSR count). The van der Waals surface area contributed by atoms with Crippen LogP contribution in [0.2, 0.25) is 0 Å². The van der Waals surface area contributed by atoms with Gasteiger partial charge in [-0.3, -0.25) is 4.79 Å². The molecule has 0 aliphatic rings. The summed E-state index contributed by atoms with van der Waals surface area (Å²) in [6.07, 6.45) is 0.180. The van der Waals surface area contributed by atoms with Gasteiger partial charge >= 0.3 is 0 Å². The van der Waals surface area contributed by atoms with E-state index in [-0.39, 0.29) is 23.6 Å². The van der Waals surface area contributed by atoms with Crippen molar-refractivity contribution in [3.05, 3.63) is 65.0 Å². The highest BCUT2D eigenvalue weighted by molar-refractivity contribution is 5.92. The second-order valence-electron chi connectivity index (χ2n) is 4.52. The minimum Gasteiger partial charge on any atom is -0.323 e. The van der Waals surface area contributed by atoms with E-state index in [0.29, 0.717) is 0 Å². The van der Waals surface area contributed by atoms with E-state index in [9.17, 15) is 9.18 Å². The lowest BCUT2D eigenvalue weighted by Gasteiger charge is -2.07. The third-order valence-electron chi connectivity index (χ3n) is 2.86. The van der Waals surface area contributed by atoms with Crippen molar-refractivity contribution >= 4 is 11.6 Å². The van der Waals surface area contributed by atoms with Gasteiger partial charge in [-0.15, -0.1) is 0 Å². The Kier molecular flexibility index (Phi) is 4.11. The summed E-state index contributed by atoms with van der Waals surface area (Å²) in [4.78, 5) is 11.8. The Morgan fingerprint density at radius 3 is 2.55 bits per heavy atom. The Hall–Kier alpha value is -2.67. The van der Waals surface area contributed by atoms with Crippen LogP contribution < -0.4 is 5.32 Å². The Morgan fingerprint density at radius 2 is 1.95 bits per heavy atom. The molecule has 2 aromatic rings. The van der Waals surface area contributed by atoms with E-state index in [1.165, 1.54) is 12.1 Å². The van der Waals surface area contributed by atoms with Crippen molar-refractivity contribution in [2.75, 3.05) is 5.32 Å². The fraction of sp³-hybridized carbons (Fsp3) is 0.125. The van der Waals surface area contributed by atoms with Gasteiger partial charge in [-0.2, -0.15) is 5.26 Å². The van der Waals surface area contributed by atoms with Gasteiger partial charge in [0, 0.05) is 0 Å². The minimum absolute atomic E-state index is 0.0844. The normalized spacial score (nSPS) is 9.85. The monoisotopic (exact) mass is 268 g/mol. The van der Waals surface area contributed by atoms with Gasteiger partial charge in [-0.1, -0.05) is 29.8 Å². The first-order chi connectivity index (χ1) is 9.58. The maximum Gasteiger partial charge on any atom is 0.228 e. The first kappa shape index (κ1) is 13.8. The number of anilines is 1. The van der Waals surface area contributed by atoms with Crippen molar-refractivity contribution in [2.24, 2.45) is 0 Å². The zero-order valence-corrected chi connectivity index (χ0v) is 11.0. The number of aryl methyl sites for hydroxylation is 1. The van der Waals surface area contributed by atoms with Crippen LogP contribution >= 0.6 is 0 Å². The van der Waals surface area contributed by atoms with Crippen LogP contribution in [0.1, 0.15) is 16.7 Å². The summed E-state index contributed by atoms with van der Waals surface area (Å²) in [6, 6.07) is 13.4. The number of amides is 1. The number of halogens is 1. The zero-order valence-electron chi connectivity index (χ0n) is 11.0. The molecule has 3 nitrogen and oxygen atoms in total. The van der Waals surface area contributed by atoms with Gasteiger partial charge in [0.15, 0.2) is 0 Å². The molecule has 0 radical (unpaired) electrons. The number of rotatable bonds is 3. The predicted octanol–water partition coefficient (Wildman–Crippen LogP) is 3.19. The summed E-state index contributed by atoms with van der Waals surface area (Å²) in [5.74, 6) is -0.904. The van der Waals surface area contributed by atoms with Gasteiger partial charge in [0.2, 0.25) is 5.91 Å². The zero-order chi connectivity index (χ0) is 14.5. The fourth-order valence-corrected chi connectivity index (χ4v) is 1.77. The molecule has 2 aromatic carbocycles. The Balaban J connectivity index is 2.05. The minimum atomic E-state index is -0.610. The Morgan fingerprint density at radius 1 is 1.25 bits per heavy atom. The number of carbonyl (C=O) groups is 1. The number of hydrogen-bond donors (Lipinski definition) is 1. The lowest BCUT2D eigenvalue weighted by atomic mass is 10.1. The van der Waals surface area contributed by atoms with E-state index in [1.54, 1.807) is 0 Å². The van der Waals surface area contributed by atoms with Crippen molar-refractivity contribution in [3.63, 3.8) is 0 Å². The molecule has 20 heavy (non-hydrogen) atoms. The van der Waals surface area contributed by atoms with Crippen LogP contribution in [0.5, 0.6) is 0 Å². The molecule has 4 heteroatoms. The lowest BCUT2D eigenvalue weighted by Crippen LogP contribution is -2.15. The lowest BCUT2D eigenvalue weighted by molar-refractivity contribution is -0.115. The number of nitrogens with zero attached hydrogens (tertiary/aromatic N) is 1. The first-order valence-electron chi connectivity index (χ1n) is 6.13. The third-order valence-corrected chi connectivity index (χ3v) is 2.86. The first-order valence-corrected chi connectivity index (χ1v) is 6.13. The van der Waals surface area contributed by atoms with Gasteiger partial charge in [-0.25, -0.2) is 4.39 Å². The van der Waals surface area contributed by atoms with Crippen LogP contribution in [0.3, 0.4) is 0 Å². The predicted molar refractivity (Wildman–Crippen MR) is 74.6 cm³/mol. The topological polar surface area (TPSA) is 52.9 Å². The molecule has 100 valence electrons. The van der Waals surface area contributed by atoms with Gasteiger partial charge in [-0.05, 0) is 30.7 Å². The standard InChI is InChI=1S/C16H13FN2O/c1-11-2-4-12(5-3-11)9-16(20)19-15-7-6-13(10-18)8-14(15)17/h2-8H,9H2,1H3,(H,19,20). The SMILES string of the molecule is Cc1ccc(CC(=O)Nc2ccc(C#N)cc2F)cc1. The van der Waals surface area contributed by atoms with E-state index < -0.39 is 5.82 Å². The molecule has 0 spiro atoms. The van der Waals surface area contributed by atoms with Crippen molar-refractivity contribution in [3.8, 4) is 6.07 Å². The van der Waals surface area contributed by atoms with E-state index in [0.717, 1.165) is 17.2 Å². The van der Waals surface area contributed by atoms with Crippen molar-refractivity contribution in [1.82, 2.24) is 0 Å².